The molecule has 0 aliphatic rings. The molecule has 136 valence electrons. The number of ether oxygens (including phenoxy) is 1. The first-order valence-corrected chi connectivity index (χ1v) is 7.72. The van der Waals surface area contributed by atoms with Crippen LogP contribution in [0.25, 0.3) is 0 Å². The minimum atomic E-state index is -0.486. The van der Waals surface area contributed by atoms with Crippen LogP contribution < -0.4 is 16.0 Å². The van der Waals surface area contributed by atoms with Crippen LogP contribution in [0.5, 0.6) is 0 Å². The molecule has 0 bridgehead atoms. The van der Waals surface area contributed by atoms with Crippen molar-refractivity contribution in [3.05, 3.63) is 30.1 Å². The molecule has 1 aromatic rings. The zero-order valence-corrected chi connectivity index (χ0v) is 17.1. The lowest BCUT2D eigenvalue weighted by Crippen LogP contribution is -2.43. The second-order valence-corrected chi connectivity index (χ2v) is 5.93. The highest BCUT2D eigenvalue weighted by atomic mass is 127. The molecule has 1 rings (SSSR count). The van der Waals surface area contributed by atoms with Gasteiger partial charge in [-0.2, -0.15) is 0 Å². The number of aliphatic imine (C=N–C) groups is 1. The van der Waals surface area contributed by atoms with Crippen LogP contribution >= 0.6 is 24.0 Å². The first-order chi connectivity index (χ1) is 10.9. The molecule has 24 heavy (non-hydrogen) atoms. The Balaban J connectivity index is 0.00000529. The molecular weight excluding hydrogens is 421 g/mol. The van der Waals surface area contributed by atoms with Crippen molar-refractivity contribution in [2.75, 3.05) is 26.7 Å². The average Bonchev–Trinajstić information content (AvgIpc) is 2.49. The number of pyridine rings is 1. The first-order valence-electron chi connectivity index (χ1n) is 7.72. The molecule has 0 fully saturated rings. The maximum Gasteiger partial charge on any atom is 0.407 e. The predicted molar refractivity (Wildman–Crippen MR) is 107 cm³/mol. The van der Waals surface area contributed by atoms with Gasteiger partial charge in [0.2, 0.25) is 0 Å². The summed E-state index contributed by atoms with van der Waals surface area (Å²) >= 11 is 0. The van der Waals surface area contributed by atoms with Crippen LogP contribution in [0.4, 0.5) is 4.79 Å². The van der Waals surface area contributed by atoms with Crippen LogP contribution in [-0.4, -0.2) is 49.3 Å². The Kier molecular flexibility index (Phi) is 11.1. The minimum absolute atomic E-state index is 0. The quantitative estimate of drug-likeness (QED) is 0.268. The number of alkyl carbamates (subject to hydrolysis) is 1. The summed E-state index contributed by atoms with van der Waals surface area (Å²) in [6.07, 6.45) is 2.18. The number of nitrogens with zero attached hydrogens (tertiary/aromatic N) is 2. The number of halogens is 1. The van der Waals surface area contributed by atoms with Crippen LogP contribution in [-0.2, 0) is 11.2 Å². The number of guanidine groups is 1. The van der Waals surface area contributed by atoms with Crippen molar-refractivity contribution in [3.8, 4) is 0 Å². The molecule has 0 atom stereocenters. The zero-order valence-electron chi connectivity index (χ0n) is 14.8. The maximum atomic E-state index is 11.5. The summed E-state index contributed by atoms with van der Waals surface area (Å²) in [7, 11) is 1.71. The van der Waals surface area contributed by atoms with Crippen LogP contribution in [0.1, 0.15) is 26.5 Å². The standard InChI is InChI=1S/C16H27N5O2.HI/c1-16(2,3)23-15(22)21-12-11-20-14(17-4)19-10-8-13-7-5-6-9-18-13;/h5-7,9H,8,10-12H2,1-4H3,(H,21,22)(H2,17,19,20);1H. The van der Waals surface area contributed by atoms with Gasteiger partial charge in [-0.25, -0.2) is 4.79 Å². The first kappa shape index (κ1) is 22.4. The summed E-state index contributed by atoms with van der Waals surface area (Å²) in [4.78, 5) is 19.9. The molecule has 1 aromatic heterocycles. The second-order valence-electron chi connectivity index (χ2n) is 5.93. The highest BCUT2D eigenvalue weighted by molar-refractivity contribution is 14.0. The summed E-state index contributed by atoms with van der Waals surface area (Å²) in [5.41, 5.74) is 0.544. The van der Waals surface area contributed by atoms with E-state index in [9.17, 15) is 4.79 Å². The van der Waals surface area contributed by atoms with Crippen LogP contribution in [0.2, 0.25) is 0 Å². The van der Waals surface area contributed by atoms with Gasteiger partial charge >= 0.3 is 6.09 Å². The predicted octanol–water partition coefficient (Wildman–Crippen LogP) is 1.93. The van der Waals surface area contributed by atoms with E-state index in [0.29, 0.717) is 19.0 Å². The monoisotopic (exact) mass is 449 g/mol. The molecule has 0 aromatic carbocycles. The van der Waals surface area contributed by atoms with Crippen LogP contribution in [0.15, 0.2) is 29.4 Å². The number of hydrogen-bond donors (Lipinski definition) is 3. The smallest absolute Gasteiger partial charge is 0.407 e. The van der Waals surface area contributed by atoms with Crippen molar-refractivity contribution in [3.63, 3.8) is 0 Å². The Morgan fingerprint density at radius 3 is 2.42 bits per heavy atom. The number of carbonyl (C=O) groups excluding carboxylic acids is 1. The van der Waals surface area contributed by atoms with E-state index in [2.05, 4.69) is 25.9 Å². The maximum absolute atomic E-state index is 11.5. The topological polar surface area (TPSA) is 87.6 Å². The van der Waals surface area contributed by atoms with Gasteiger partial charge in [0.1, 0.15) is 5.60 Å². The van der Waals surface area contributed by atoms with Crippen molar-refractivity contribution in [2.45, 2.75) is 32.8 Å². The SMILES string of the molecule is CN=C(NCCNC(=O)OC(C)(C)C)NCCc1ccccn1.I. The minimum Gasteiger partial charge on any atom is -0.444 e. The van der Waals surface area contributed by atoms with E-state index in [1.807, 2.05) is 39.0 Å². The summed E-state index contributed by atoms with van der Waals surface area (Å²) in [5, 5.41) is 9.01. The molecule has 1 heterocycles. The zero-order chi connectivity index (χ0) is 17.1. The largest absolute Gasteiger partial charge is 0.444 e. The third kappa shape index (κ3) is 11.0. The van der Waals surface area contributed by atoms with Gasteiger partial charge < -0.3 is 20.7 Å². The third-order valence-corrected chi connectivity index (χ3v) is 2.71. The van der Waals surface area contributed by atoms with E-state index < -0.39 is 11.7 Å². The van der Waals surface area contributed by atoms with Gasteiger partial charge in [0.05, 0.1) is 0 Å². The van der Waals surface area contributed by atoms with Gasteiger partial charge in [-0.1, -0.05) is 6.07 Å². The molecule has 3 N–H and O–H groups in total. The van der Waals surface area contributed by atoms with Gasteiger partial charge in [-0.3, -0.25) is 9.98 Å². The molecule has 0 aliphatic heterocycles. The molecule has 0 saturated heterocycles. The number of amides is 1. The Morgan fingerprint density at radius 1 is 1.17 bits per heavy atom. The van der Waals surface area contributed by atoms with Gasteiger partial charge in [-0.05, 0) is 32.9 Å². The van der Waals surface area contributed by atoms with Crippen LogP contribution in [0.3, 0.4) is 0 Å². The third-order valence-electron chi connectivity index (χ3n) is 2.71. The summed E-state index contributed by atoms with van der Waals surface area (Å²) in [6.45, 7) is 7.24. The van der Waals surface area contributed by atoms with Crippen molar-refractivity contribution in [1.29, 1.82) is 0 Å². The number of aromatic nitrogens is 1. The molecule has 0 saturated carbocycles. The van der Waals surface area contributed by atoms with Gasteiger partial charge in [0.15, 0.2) is 5.96 Å². The number of carbonyl (C=O) groups is 1. The van der Waals surface area contributed by atoms with E-state index in [1.165, 1.54) is 0 Å². The van der Waals surface area contributed by atoms with E-state index >= 15 is 0 Å². The van der Waals surface area contributed by atoms with Gasteiger partial charge in [0, 0.05) is 45.0 Å². The molecule has 1 amide bonds. The number of hydrogen-bond acceptors (Lipinski definition) is 4. The van der Waals surface area contributed by atoms with E-state index in [4.69, 9.17) is 4.74 Å². The normalized spacial score (nSPS) is 11.2. The average molecular weight is 449 g/mol. The van der Waals surface area contributed by atoms with E-state index in [0.717, 1.165) is 18.7 Å². The lowest BCUT2D eigenvalue weighted by Gasteiger charge is -2.19. The molecule has 8 heteroatoms. The Hall–Kier alpha value is -1.58. The van der Waals surface area contributed by atoms with Crippen molar-refractivity contribution in [1.82, 2.24) is 20.9 Å². The molecule has 7 nitrogen and oxygen atoms in total. The molecule has 0 unspecified atom stereocenters. The molecule has 0 radical (unpaired) electrons. The molecule has 0 aliphatic carbocycles. The van der Waals surface area contributed by atoms with Gasteiger partial charge in [0.25, 0.3) is 0 Å². The Morgan fingerprint density at radius 2 is 1.83 bits per heavy atom. The number of nitrogens with one attached hydrogen (secondary N) is 3. The fourth-order valence-corrected chi connectivity index (χ4v) is 1.74. The van der Waals surface area contributed by atoms with Crippen molar-refractivity contribution in [2.24, 2.45) is 4.99 Å². The summed E-state index contributed by atoms with van der Waals surface area (Å²) in [6, 6.07) is 5.86. The highest BCUT2D eigenvalue weighted by Crippen LogP contribution is 2.05. The lowest BCUT2D eigenvalue weighted by molar-refractivity contribution is 0.0529. The second kappa shape index (κ2) is 11.9. The lowest BCUT2D eigenvalue weighted by atomic mass is 10.2. The summed E-state index contributed by atoms with van der Waals surface area (Å²) < 4.78 is 5.15. The molecule has 0 spiro atoms. The fraction of sp³-hybridized carbons (Fsp3) is 0.562. The Bertz CT molecular complexity index is 503. The number of rotatable bonds is 6. The van der Waals surface area contributed by atoms with E-state index in [-0.39, 0.29) is 24.0 Å². The Labute approximate surface area is 161 Å². The van der Waals surface area contributed by atoms with Crippen LogP contribution in [0, 0.1) is 0 Å². The molecular formula is C16H28IN5O2. The van der Waals surface area contributed by atoms with Crippen molar-refractivity contribution >= 4 is 36.0 Å². The van der Waals surface area contributed by atoms with E-state index in [1.54, 1.807) is 13.2 Å². The van der Waals surface area contributed by atoms with Gasteiger partial charge in [-0.15, -0.1) is 24.0 Å². The highest BCUT2D eigenvalue weighted by Gasteiger charge is 2.15. The summed E-state index contributed by atoms with van der Waals surface area (Å²) in [5.74, 6) is 0.687. The fourth-order valence-electron chi connectivity index (χ4n) is 1.74. The van der Waals surface area contributed by atoms with Crippen molar-refractivity contribution < 1.29 is 9.53 Å².